The topological polar surface area (TPSA) is 33.6 Å². The molecule has 0 radical (unpaired) electrons. The summed E-state index contributed by atoms with van der Waals surface area (Å²) >= 11 is 0. The maximum Gasteiger partial charge on any atom is 0.416 e. The van der Waals surface area contributed by atoms with Gasteiger partial charge in [0.1, 0.15) is 6.07 Å². The van der Waals surface area contributed by atoms with Crippen molar-refractivity contribution in [1.82, 2.24) is 9.13 Å². The summed E-state index contributed by atoms with van der Waals surface area (Å²) in [5, 5.41) is 14.3. The van der Waals surface area contributed by atoms with Gasteiger partial charge in [-0.05, 0) is 94.5 Å². The number of rotatable bonds is 5. The Balaban J connectivity index is 1.32. The summed E-state index contributed by atoms with van der Waals surface area (Å²) < 4.78 is 90.8. The molecule has 0 amide bonds. The third kappa shape index (κ3) is 6.07. The first-order valence-electron chi connectivity index (χ1n) is 19.0. The molecule has 9 heteroatoms. The van der Waals surface area contributed by atoms with Crippen molar-refractivity contribution in [2.24, 2.45) is 0 Å². The first-order valence-corrected chi connectivity index (χ1v) is 19.0. The van der Waals surface area contributed by atoms with Crippen LogP contribution < -0.4 is 0 Å². The molecule has 0 spiro atoms. The van der Waals surface area contributed by atoms with Crippen LogP contribution in [0.2, 0.25) is 0 Å². The van der Waals surface area contributed by atoms with Crippen LogP contribution in [0, 0.1) is 11.3 Å². The molecule has 0 saturated carbocycles. The lowest BCUT2D eigenvalue weighted by atomic mass is 9.95. The molecule has 0 aliphatic heterocycles. The molecule has 10 aromatic rings. The summed E-state index contributed by atoms with van der Waals surface area (Å²) in [5.41, 5.74) is 4.15. The Morgan fingerprint density at radius 2 is 0.800 bits per heavy atom. The van der Waals surface area contributed by atoms with E-state index in [1.165, 1.54) is 0 Å². The lowest BCUT2D eigenvalue weighted by Crippen LogP contribution is -2.11. The number of hydrogen-bond donors (Lipinski definition) is 0. The molecule has 2 heterocycles. The molecule has 0 saturated heterocycles. The molecule has 0 aliphatic rings. The van der Waals surface area contributed by atoms with E-state index in [9.17, 15) is 31.6 Å². The van der Waals surface area contributed by atoms with E-state index in [-0.39, 0.29) is 28.4 Å². The largest absolute Gasteiger partial charge is 0.416 e. The number of nitriles is 1. The minimum absolute atomic E-state index is 0.0715. The Morgan fingerprint density at radius 3 is 1.27 bits per heavy atom. The molecule has 10 rings (SSSR count). The van der Waals surface area contributed by atoms with Crippen LogP contribution in [0.15, 0.2) is 176 Å². The second-order valence-corrected chi connectivity index (χ2v) is 14.7. The molecular weight excluding hydrogens is 769 g/mol. The molecule has 8 aromatic carbocycles. The normalized spacial score (nSPS) is 12.2. The van der Waals surface area contributed by atoms with Crippen molar-refractivity contribution < 1.29 is 26.3 Å². The Hall–Kier alpha value is -7.57. The summed E-state index contributed by atoms with van der Waals surface area (Å²) in [5.74, 6) is 0. The van der Waals surface area contributed by atoms with Crippen molar-refractivity contribution in [3.05, 3.63) is 193 Å². The van der Waals surface area contributed by atoms with Crippen LogP contribution in [0.4, 0.5) is 26.3 Å². The van der Waals surface area contributed by atoms with E-state index >= 15 is 0 Å². The number of hydrogen-bond acceptors (Lipinski definition) is 1. The number of para-hydroxylation sites is 2. The Labute approximate surface area is 339 Å². The van der Waals surface area contributed by atoms with Crippen LogP contribution in [0.5, 0.6) is 0 Å². The van der Waals surface area contributed by atoms with E-state index in [4.69, 9.17) is 0 Å². The molecule has 0 atom stereocenters. The fraction of sp³-hybridized carbons (Fsp3) is 0.0392. The fourth-order valence-electron chi connectivity index (χ4n) is 8.46. The predicted molar refractivity (Wildman–Crippen MR) is 226 cm³/mol. The lowest BCUT2D eigenvalue weighted by Gasteiger charge is -2.20. The van der Waals surface area contributed by atoms with Gasteiger partial charge in [0.05, 0.1) is 50.1 Å². The highest BCUT2D eigenvalue weighted by Crippen LogP contribution is 2.45. The van der Waals surface area contributed by atoms with E-state index in [2.05, 4.69) is 12.1 Å². The summed E-state index contributed by atoms with van der Waals surface area (Å²) in [4.78, 5) is 0. The molecule has 3 nitrogen and oxygen atoms in total. The van der Waals surface area contributed by atoms with Gasteiger partial charge in [-0.25, -0.2) is 0 Å². The van der Waals surface area contributed by atoms with Crippen molar-refractivity contribution in [2.45, 2.75) is 12.4 Å². The smallest absolute Gasteiger partial charge is 0.309 e. The van der Waals surface area contributed by atoms with Crippen molar-refractivity contribution in [3.8, 4) is 50.8 Å². The van der Waals surface area contributed by atoms with E-state index in [1.807, 2.05) is 149 Å². The van der Waals surface area contributed by atoms with Gasteiger partial charge in [0.25, 0.3) is 0 Å². The summed E-state index contributed by atoms with van der Waals surface area (Å²) in [6.07, 6.45) is -10.2. The number of benzene rings is 8. The minimum Gasteiger partial charge on any atom is -0.309 e. The van der Waals surface area contributed by atoms with E-state index in [0.717, 1.165) is 55.9 Å². The van der Waals surface area contributed by atoms with Crippen molar-refractivity contribution >= 4 is 43.6 Å². The lowest BCUT2D eigenvalue weighted by molar-refractivity contribution is -0.143. The van der Waals surface area contributed by atoms with Crippen LogP contribution in [0.3, 0.4) is 0 Å². The fourth-order valence-corrected chi connectivity index (χ4v) is 8.46. The van der Waals surface area contributed by atoms with Crippen molar-refractivity contribution in [2.75, 3.05) is 0 Å². The predicted octanol–water partition coefficient (Wildman–Crippen LogP) is 14.8. The maximum absolute atomic E-state index is 14.5. The van der Waals surface area contributed by atoms with Gasteiger partial charge < -0.3 is 9.13 Å². The van der Waals surface area contributed by atoms with Gasteiger partial charge in [-0.3, -0.25) is 0 Å². The first-order chi connectivity index (χ1) is 29.0. The van der Waals surface area contributed by atoms with Gasteiger partial charge in [-0.2, -0.15) is 31.6 Å². The Bertz CT molecular complexity index is 3320. The van der Waals surface area contributed by atoms with E-state index in [1.54, 1.807) is 12.1 Å². The zero-order valence-corrected chi connectivity index (χ0v) is 31.4. The van der Waals surface area contributed by atoms with Crippen LogP contribution >= 0.6 is 0 Å². The molecule has 2 aromatic heterocycles. The third-order valence-corrected chi connectivity index (χ3v) is 11.2. The SMILES string of the molecule is N#Cc1cc(-n2c3ccccc3c3cc(-c4ccccc4)ccc32)c(-c2cc(C(F)(F)F)cc(C(F)(F)F)c2)cc1-n1c2ccccc2c2cc(-c3ccccc3)ccc21. The highest BCUT2D eigenvalue weighted by Gasteiger charge is 2.37. The average Bonchev–Trinajstić information content (AvgIpc) is 3.78. The van der Waals surface area contributed by atoms with E-state index in [0.29, 0.717) is 27.8 Å². The second-order valence-electron chi connectivity index (χ2n) is 14.7. The maximum atomic E-state index is 14.5. The van der Waals surface area contributed by atoms with Gasteiger partial charge >= 0.3 is 12.4 Å². The van der Waals surface area contributed by atoms with Crippen molar-refractivity contribution in [1.29, 1.82) is 5.26 Å². The highest BCUT2D eigenvalue weighted by molar-refractivity contribution is 6.12. The monoisotopic (exact) mass is 797 g/mol. The van der Waals surface area contributed by atoms with E-state index < -0.39 is 23.5 Å². The van der Waals surface area contributed by atoms with Gasteiger partial charge in [-0.1, -0.05) is 109 Å². The van der Waals surface area contributed by atoms with Gasteiger partial charge in [0, 0.05) is 27.1 Å². The number of aromatic nitrogens is 2. The molecular formula is C51H29F6N3. The molecule has 0 unspecified atom stereocenters. The minimum atomic E-state index is -5.09. The number of halogens is 6. The van der Waals surface area contributed by atoms with Gasteiger partial charge in [0.2, 0.25) is 0 Å². The molecule has 0 fully saturated rings. The number of nitrogens with zero attached hydrogens (tertiary/aromatic N) is 3. The van der Waals surface area contributed by atoms with Crippen LogP contribution in [-0.2, 0) is 12.4 Å². The Morgan fingerprint density at radius 1 is 0.367 bits per heavy atom. The Kier molecular flexibility index (Phi) is 8.44. The average molecular weight is 798 g/mol. The molecule has 60 heavy (non-hydrogen) atoms. The third-order valence-electron chi connectivity index (χ3n) is 11.2. The highest BCUT2D eigenvalue weighted by atomic mass is 19.4. The van der Waals surface area contributed by atoms with Crippen LogP contribution in [0.25, 0.3) is 88.4 Å². The zero-order valence-electron chi connectivity index (χ0n) is 31.4. The standard InChI is InChI=1S/C51H29F6N3/c52-50(53,54)37-23-35(24-38(28-37)51(55,56)57)41-29-48(59-44-17-9-7-15-39(44)42-25-33(19-21-46(42)59)31-11-3-1-4-12-31)36(30-58)27-49(41)60-45-18-10-8-16-40(45)43-26-34(20-22-47(43)60)32-13-5-2-6-14-32/h1-29H. The summed E-state index contributed by atoms with van der Waals surface area (Å²) in [6.45, 7) is 0. The number of fused-ring (bicyclic) bond motifs is 6. The molecule has 0 bridgehead atoms. The molecule has 290 valence electrons. The molecule has 0 aliphatic carbocycles. The van der Waals surface area contributed by atoms with Gasteiger partial charge in [-0.15, -0.1) is 0 Å². The van der Waals surface area contributed by atoms with Gasteiger partial charge in [0.15, 0.2) is 0 Å². The first kappa shape index (κ1) is 36.7. The zero-order chi connectivity index (χ0) is 41.3. The summed E-state index contributed by atoms with van der Waals surface area (Å²) in [6, 6.07) is 53.5. The quantitative estimate of drug-likeness (QED) is 0.160. The molecule has 0 N–H and O–H groups in total. The van der Waals surface area contributed by atoms with Crippen LogP contribution in [-0.4, -0.2) is 9.13 Å². The van der Waals surface area contributed by atoms with Crippen LogP contribution in [0.1, 0.15) is 16.7 Å². The van der Waals surface area contributed by atoms with Crippen molar-refractivity contribution in [3.63, 3.8) is 0 Å². The number of alkyl halides is 6. The summed E-state index contributed by atoms with van der Waals surface area (Å²) in [7, 11) is 0. The second kappa shape index (κ2) is 13.8.